The minimum atomic E-state index is -0.134. The van der Waals surface area contributed by atoms with Gasteiger partial charge in [0.05, 0.1) is 6.54 Å². The third-order valence-electron chi connectivity index (χ3n) is 3.82. The molecule has 0 aliphatic carbocycles. The summed E-state index contributed by atoms with van der Waals surface area (Å²) in [6.45, 7) is 4.61. The third kappa shape index (κ3) is 3.17. The second-order valence-corrected chi connectivity index (χ2v) is 6.19. The standard InChI is InChI=1S/C17H17N3O2S/c1-2-16(21)20-9-4-6-12-13(5-3-7-14(12)20)17(22)19-11-15-18-8-10-23-15/h2-3,5,7-8,10H,1,4,6,9,11H2,(H,19,22). The lowest BCUT2D eigenvalue weighted by Gasteiger charge is -2.29. The molecule has 0 saturated heterocycles. The van der Waals surface area contributed by atoms with Crippen molar-refractivity contribution in [2.24, 2.45) is 0 Å². The lowest BCUT2D eigenvalue weighted by Crippen LogP contribution is -2.35. The predicted octanol–water partition coefficient (Wildman–Crippen LogP) is 2.54. The minimum absolute atomic E-state index is 0.133. The fraction of sp³-hybridized carbons (Fsp3) is 0.235. The highest BCUT2D eigenvalue weighted by Crippen LogP contribution is 2.30. The molecule has 5 nitrogen and oxygen atoms in total. The zero-order chi connectivity index (χ0) is 16.2. The van der Waals surface area contributed by atoms with Gasteiger partial charge in [0.15, 0.2) is 0 Å². The number of amides is 2. The summed E-state index contributed by atoms with van der Waals surface area (Å²) in [6.07, 6.45) is 4.65. The molecule has 1 N–H and O–H groups in total. The average molecular weight is 327 g/mol. The zero-order valence-corrected chi connectivity index (χ0v) is 13.4. The summed E-state index contributed by atoms with van der Waals surface area (Å²) in [5, 5.41) is 5.64. The Morgan fingerprint density at radius 3 is 3.04 bits per heavy atom. The van der Waals surface area contributed by atoms with Crippen LogP contribution in [0.4, 0.5) is 5.69 Å². The van der Waals surface area contributed by atoms with Crippen LogP contribution in [0.3, 0.4) is 0 Å². The number of benzene rings is 1. The molecule has 2 amide bonds. The van der Waals surface area contributed by atoms with Crippen LogP contribution in [-0.2, 0) is 17.8 Å². The summed E-state index contributed by atoms with van der Waals surface area (Å²) in [5.41, 5.74) is 2.36. The molecule has 0 atom stereocenters. The summed E-state index contributed by atoms with van der Waals surface area (Å²) < 4.78 is 0. The largest absolute Gasteiger partial charge is 0.346 e. The molecule has 0 fully saturated rings. The molecule has 0 saturated carbocycles. The Balaban J connectivity index is 1.84. The van der Waals surface area contributed by atoms with E-state index in [0.29, 0.717) is 18.7 Å². The van der Waals surface area contributed by atoms with Crippen molar-refractivity contribution in [1.82, 2.24) is 10.3 Å². The molecule has 1 aliphatic heterocycles. The van der Waals surface area contributed by atoms with Gasteiger partial charge in [-0.25, -0.2) is 4.98 Å². The number of hydrogen-bond acceptors (Lipinski definition) is 4. The molecule has 1 aliphatic rings. The number of carbonyl (C=O) groups excluding carboxylic acids is 2. The van der Waals surface area contributed by atoms with E-state index in [1.807, 2.05) is 17.5 Å². The maximum atomic E-state index is 12.5. The fourth-order valence-corrected chi connectivity index (χ4v) is 3.32. The van der Waals surface area contributed by atoms with E-state index in [4.69, 9.17) is 0 Å². The Bertz CT molecular complexity index is 740. The van der Waals surface area contributed by atoms with E-state index < -0.39 is 0 Å². The second kappa shape index (κ2) is 6.75. The van der Waals surface area contributed by atoms with E-state index in [-0.39, 0.29) is 11.8 Å². The van der Waals surface area contributed by atoms with E-state index in [0.717, 1.165) is 29.1 Å². The van der Waals surface area contributed by atoms with Gasteiger partial charge in [-0.3, -0.25) is 9.59 Å². The number of rotatable bonds is 4. The Labute approximate surface area is 138 Å². The first kappa shape index (κ1) is 15.4. The van der Waals surface area contributed by atoms with Crippen molar-refractivity contribution in [2.45, 2.75) is 19.4 Å². The van der Waals surface area contributed by atoms with Gasteiger partial charge in [-0.2, -0.15) is 0 Å². The molecule has 118 valence electrons. The predicted molar refractivity (Wildman–Crippen MR) is 90.6 cm³/mol. The van der Waals surface area contributed by atoms with Crippen LogP contribution in [0.5, 0.6) is 0 Å². The number of hydrogen-bond donors (Lipinski definition) is 1. The molecule has 1 aromatic heterocycles. The van der Waals surface area contributed by atoms with Crippen LogP contribution in [-0.4, -0.2) is 23.3 Å². The summed E-state index contributed by atoms with van der Waals surface area (Å²) in [7, 11) is 0. The van der Waals surface area contributed by atoms with Crippen molar-refractivity contribution >= 4 is 28.8 Å². The van der Waals surface area contributed by atoms with Crippen LogP contribution in [0.1, 0.15) is 27.3 Å². The van der Waals surface area contributed by atoms with Gasteiger partial charge < -0.3 is 10.2 Å². The monoisotopic (exact) mass is 327 g/mol. The smallest absolute Gasteiger partial charge is 0.251 e. The number of carbonyl (C=O) groups is 2. The quantitative estimate of drug-likeness (QED) is 0.878. The number of nitrogens with zero attached hydrogens (tertiary/aromatic N) is 2. The van der Waals surface area contributed by atoms with Gasteiger partial charge in [0.25, 0.3) is 5.91 Å². The van der Waals surface area contributed by atoms with Crippen LogP contribution in [0.2, 0.25) is 0 Å². The van der Waals surface area contributed by atoms with Crippen molar-refractivity contribution < 1.29 is 9.59 Å². The van der Waals surface area contributed by atoms with Crippen molar-refractivity contribution in [3.05, 3.63) is 58.6 Å². The first-order chi connectivity index (χ1) is 11.2. The Morgan fingerprint density at radius 2 is 2.30 bits per heavy atom. The second-order valence-electron chi connectivity index (χ2n) is 5.21. The van der Waals surface area contributed by atoms with Crippen LogP contribution in [0.25, 0.3) is 0 Å². The fourth-order valence-electron chi connectivity index (χ4n) is 2.77. The molecule has 1 aromatic carbocycles. The van der Waals surface area contributed by atoms with E-state index in [2.05, 4.69) is 16.9 Å². The average Bonchev–Trinajstić information content (AvgIpc) is 3.11. The molecule has 3 rings (SSSR count). The number of nitrogens with one attached hydrogen (secondary N) is 1. The van der Waals surface area contributed by atoms with E-state index >= 15 is 0 Å². The summed E-state index contributed by atoms with van der Waals surface area (Å²) in [6, 6.07) is 5.50. The summed E-state index contributed by atoms with van der Waals surface area (Å²) >= 11 is 1.51. The molecule has 0 unspecified atom stereocenters. The third-order valence-corrected chi connectivity index (χ3v) is 4.60. The van der Waals surface area contributed by atoms with Crippen molar-refractivity contribution in [2.75, 3.05) is 11.4 Å². The highest BCUT2D eigenvalue weighted by Gasteiger charge is 2.24. The highest BCUT2D eigenvalue weighted by atomic mass is 32.1. The molecule has 6 heteroatoms. The van der Waals surface area contributed by atoms with Gasteiger partial charge in [-0.15, -0.1) is 11.3 Å². The van der Waals surface area contributed by atoms with Gasteiger partial charge in [-0.1, -0.05) is 12.6 Å². The minimum Gasteiger partial charge on any atom is -0.346 e. The molecule has 0 radical (unpaired) electrons. The molecular weight excluding hydrogens is 310 g/mol. The van der Waals surface area contributed by atoms with Gasteiger partial charge in [0.2, 0.25) is 5.91 Å². The summed E-state index contributed by atoms with van der Waals surface area (Å²) in [5.74, 6) is -0.267. The maximum absolute atomic E-state index is 12.5. The number of anilines is 1. The summed E-state index contributed by atoms with van der Waals surface area (Å²) in [4.78, 5) is 30.3. The lowest BCUT2D eigenvalue weighted by atomic mass is 9.95. The molecule has 2 heterocycles. The highest BCUT2D eigenvalue weighted by molar-refractivity contribution is 7.09. The molecule has 23 heavy (non-hydrogen) atoms. The number of aromatic nitrogens is 1. The normalized spacial score (nSPS) is 13.3. The van der Waals surface area contributed by atoms with Gasteiger partial charge in [0.1, 0.15) is 5.01 Å². The molecule has 2 aromatic rings. The van der Waals surface area contributed by atoms with E-state index in [1.165, 1.54) is 17.4 Å². The molecule has 0 bridgehead atoms. The van der Waals surface area contributed by atoms with Crippen LogP contribution in [0.15, 0.2) is 42.4 Å². The Kier molecular flexibility index (Phi) is 4.52. The lowest BCUT2D eigenvalue weighted by molar-refractivity contribution is -0.114. The topological polar surface area (TPSA) is 62.3 Å². The number of thiazole rings is 1. The van der Waals surface area contributed by atoms with E-state index in [9.17, 15) is 9.59 Å². The zero-order valence-electron chi connectivity index (χ0n) is 12.6. The maximum Gasteiger partial charge on any atom is 0.251 e. The first-order valence-corrected chi connectivity index (χ1v) is 8.31. The van der Waals surface area contributed by atoms with E-state index in [1.54, 1.807) is 17.2 Å². The van der Waals surface area contributed by atoms with Crippen molar-refractivity contribution in [3.8, 4) is 0 Å². The van der Waals surface area contributed by atoms with Crippen LogP contribution >= 0.6 is 11.3 Å². The first-order valence-electron chi connectivity index (χ1n) is 7.43. The Hall–Kier alpha value is -2.47. The van der Waals surface area contributed by atoms with Gasteiger partial charge in [0, 0.05) is 29.4 Å². The van der Waals surface area contributed by atoms with Gasteiger partial charge >= 0.3 is 0 Å². The van der Waals surface area contributed by atoms with Crippen molar-refractivity contribution in [3.63, 3.8) is 0 Å². The SMILES string of the molecule is C=CC(=O)N1CCCc2c(C(=O)NCc3nccs3)cccc21. The number of fused-ring (bicyclic) bond motifs is 1. The van der Waals surface area contributed by atoms with Crippen molar-refractivity contribution in [1.29, 1.82) is 0 Å². The Morgan fingerprint density at radius 1 is 1.43 bits per heavy atom. The van der Waals surface area contributed by atoms with Gasteiger partial charge in [-0.05, 0) is 36.6 Å². The van der Waals surface area contributed by atoms with Crippen LogP contribution in [0, 0.1) is 0 Å². The molecular formula is C17H17N3O2S. The molecule has 0 spiro atoms. The van der Waals surface area contributed by atoms with Crippen LogP contribution < -0.4 is 10.2 Å².